The number of ether oxygens (including phenoxy) is 2. The Morgan fingerprint density at radius 2 is 1.58 bits per heavy atom. The first-order chi connectivity index (χ1) is 14.8. The first-order valence-corrected chi connectivity index (χ1v) is 10.4. The second-order valence-electron chi connectivity index (χ2n) is 7.44. The van der Waals surface area contributed by atoms with Gasteiger partial charge in [-0.3, -0.25) is 9.59 Å². The van der Waals surface area contributed by atoms with Gasteiger partial charge in [0.1, 0.15) is 11.8 Å². The van der Waals surface area contributed by atoms with E-state index in [0.29, 0.717) is 24.5 Å². The number of carbonyl (C=O) groups is 3. The van der Waals surface area contributed by atoms with Gasteiger partial charge in [0, 0.05) is 12.1 Å². The van der Waals surface area contributed by atoms with Gasteiger partial charge in [-0.2, -0.15) is 0 Å². The third-order valence-corrected chi connectivity index (χ3v) is 4.61. The average molecular weight is 427 g/mol. The number of esters is 1. The van der Waals surface area contributed by atoms with E-state index in [0.717, 1.165) is 5.56 Å². The summed E-state index contributed by atoms with van der Waals surface area (Å²) in [5.41, 5.74) is 1.34. The molecule has 0 fully saturated rings. The van der Waals surface area contributed by atoms with Crippen LogP contribution in [0.25, 0.3) is 0 Å². The molecule has 1 unspecified atom stereocenters. The van der Waals surface area contributed by atoms with Gasteiger partial charge < -0.3 is 20.1 Å². The highest BCUT2D eigenvalue weighted by molar-refractivity contribution is 5.97. The zero-order valence-corrected chi connectivity index (χ0v) is 18.4. The van der Waals surface area contributed by atoms with Crippen LogP contribution in [0.4, 0.5) is 0 Å². The molecule has 0 aliphatic rings. The molecular weight excluding hydrogens is 396 g/mol. The fourth-order valence-electron chi connectivity index (χ4n) is 2.82. The molecule has 2 amide bonds. The van der Waals surface area contributed by atoms with E-state index in [4.69, 9.17) is 9.47 Å². The Labute approximate surface area is 183 Å². The van der Waals surface area contributed by atoms with Gasteiger partial charge in [-0.05, 0) is 49.6 Å². The van der Waals surface area contributed by atoms with Crippen LogP contribution >= 0.6 is 0 Å². The lowest BCUT2D eigenvalue weighted by molar-refractivity contribution is -0.157. The summed E-state index contributed by atoms with van der Waals surface area (Å²) in [7, 11) is 0. The van der Waals surface area contributed by atoms with Gasteiger partial charge >= 0.3 is 5.97 Å². The summed E-state index contributed by atoms with van der Waals surface area (Å²) in [5.74, 6) is -1.03. The Kier molecular flexibility index (Phi) is 9.06. The Morgan fingerprint density at radius 3 is 2.16 bits per heavy atom. The van der Waals surface area contributed by atoms with Crippen molar-refractivity contribution in [2.24, 2.45) is 5.92 Å². The molecule has 0 saturated heterocycles. The Balaban J connectivity index is 1.92. The maximum Gasteiger partial charge on any atom is 0.329 e. The monoisotopic (exact) mass is 426 g/mol. The maximum absolute atomic E-state index is 12.6. The van der Waals surface area contributed by atoms with E-state index in [-0.39, 0.29) is 5.92 Å². The average Bonchev–Trinajstić information content (AvgIpc) is 2.76. The Morgan fingerprint density at radius 1 is 0.935 bits per heavy atom. The van der Waals surface area contributed by atoms with Crippen LogP contribution in [0.3, 0.4) is 0 Å². The summed E-state index contributed by atoms with van der Waals surface area (Å²) in [6.07, 6.45) is -0.986. The van der Waals surface area contributed by atoms with Gasteiger partial charge in [0.05, 0.1) is 6.61 Å². The van der Waals surface area contributed by atoms with Crippen LogP contribution in [0.1, 0.15) is 43.6 Å². The van der Waals surface area contributed by atoms with E-state index in [1.54, 1.807) is 38.1 Å². The van der Waals surface area contributed by atoms with Crippen molar-refractivity contribution < 1.29 is 23.9 Å². The molecule has 7 nitrogen and oxygen atoms in total. The van der Waals surface area contributed by atoms with Crippen molar-refractivity contribution >= 4 is 17.8 Å². The highest BCUT2D eigenvalue weighted by Crippen LogP contribution is 2.13. The maximum atomic E-state index is 12.6. The van der Waals surface area contributed by atoms with Crippen molar-refractivity contribution in [3.63, 3.8) is 0 Å². The Bertz CT molecular complexity index is 865. The molecule has 0 aliphatic heterocycles. The lowest BCUT2D eigenvalue weighted by Crippen LogP contribution is -2.47. The fraction of sp³-hybridized carbons (Fsp3) is 0.375. The third kappa shape index (κ3) is 7.44. The minimum absolute atomic E-state index is 0.223. The molecular formula is C24H30N2O5. The second kappa shape index (κ2) is 11.7. The molecule has 31 heavy (non-hydrogen) atoms. The second-order valence-corrected chi connectivity index (χ2v) is 7.44. The van der Waals surface area contributed by atoms with Crippen LogP contribution in [0, 0.1) is 5.92 Å². The number of rotatable bonds is 10. The molecule has 0 heterocycles. The van der Waals surface area contributed by atoms with Crippen molar-refractivity contribution in [3.8, 4) is 5.75 Å². The van der Waals surface area contributed by atoms with Gasteiger partial charge in [0.2, 0.25) is 0 Å². The van der Waals surface area contributed by atoms with Gasteiger partial charge in [-0.1, -0.05) is 44.2 Å². The predicted octanol–water partition coefficient (Wildman–Crippen LogP) is 3.09. The van der Waals surface area contributed by atoms with E-state index in [9.17, 15) is 14.4 Å². The summed E-state index contributed by atoms with van der Waals surface area (Å²) in [6.45, 7) is 7.84. The normalized spacial score (nSPS) is 12.5. The molecule has 2 atom stereocenters. The lowest BCUT2D eigenvalue weighted by Gasteiger charge is -2.23. The largest absolute Gasteiger partial charge is 0.494 e. The zero-order chi connectivity index (χ0) is 22.8. The summed E-state index contributed by atoms with van der Waals surface area (Å²) >= 11 is 0. The summed E-state index contributed by atoms with van der Waals surface area (Å²) in [5, 5.41) is 5.44. The number of carbonyl (C=O) groups excluding carboxylic acids is 3. The summed E-state index contributed by atoms with van der Waals surface area (Å²) in [4.78, 5) is 37.5. The highest BCUT2D eigenvalue weighted by Gasteiger charge is 2.29. The van der Waals surface area contributed by atoms with Crippen molar-refractivity contribution in [1.29, 1.82) is 0 Å². The van der Waals surface area contributed by atoms with Crippen molar-refractivity contribution in [1.82, 2.24) is 10.6 Å². The number of amides is 2. The van der Waals surface area contributed by atoms with E-state index in [1.807, 2.05) is 37.3 Å². The quantitative estimate of drug-likeness (QED) is 0.570. The highest BCUT2D eigenvalue weighted by atomic mass is 16.5. The summed E-state index contributed by atoms with van der Waals surface area (Å²) < 4.78 is 10.7. The predicted molar refractivity (Wildman–Crippen MR) is 118 cm³/mol. The zero-order valence-electron chi connectivity index (χ0n) is 18.4. The lowest BCUT2D eigenvalue weighted by atomic mass is 10.0. The van der Waals surface area contributed by atoms with Crippen LogP contribution in [0.15, 0.2) is 54.6 Å². The van der Waals surface area contributed by atoms with E-state index in [1.165, 1.54) is 6.92 Å². The molecule has 2 rings (SSSR count). The number of hydrogen-bond acceptors (Lipinski definition) is 5. The molecule has 0 spiro atoms. The minimum Gasteiger partial charge on any atom is -0.494 e. The molecule has 0 aromatic heterocycles. The van der Waals surface area contributed by atoms with E-state index >= 15 is 0 Å². The fourth-order valence-corrected chi connectivity index (χ4v) is 2.82. The SMILES string of the molecule is CCOc1ccc(C(=O)N[C@H](C(=O)OC(C)C(=O)NCc2ccccc2)C(C)C)cc1. The van der Waals surface area contributed by atoms with Crippen molar-refractivity contribution in [2.75, 3.05) is 6.61 Å². The van der Waals surface area contributed by atoms with Gasteiger partial charge in [0.15, 0.2) is 6.10 Å². The molecule has 0 bridgehead atoms. The first kappa shape index (κ1) is 23.9. The standard InChI is InChI=1S/C24H30N2O5/c1-5-30-20-13-11-19(12-14-20)23(28)26-21(16(2)3)24(29)31-17(4)22(27)25-15-18-9-7-6-8-10-18/h6-14,16-17,21H,5,15H2,1-4H3,(H,25,27)(H,26,28)/t17?,21-/m0/s1. The van der Waals surface area contributed by atoms with Crippen LogP contribution in [0.2, 0.25) is 0 Å². The number of hydrogen-bond donors (Lipinski definition) is 2. The van der Waals surface area contributed by atoms with E-state index < -0.39 is 29.9 Å². The van der Waals surface area contributed by atoms with Gasteiger partial charge in [0.25, 0.3) is 11.8 Å². The topological polar surface area (TPSA) is 93.7 Å². The first-order valence-electron chi connectivity index (χ1n) is 10.4. The van der Waals surface area contributed by atoms with Crippen molar-refractivity contribution in [3.05, 3.63) is 65.7 Å². The molecule has 0 saturated carbocycles. The smallest absolute Gasteiger partial charge is 0.329 e. The van der Waals surface area contributed by atoms with Gasteiger partial charge in [-0.15, -0.1) is 0 Å². The number of nitrogens with one attached hydrogen (secondary N) is 2. The molecule has 2 aromatic carbocycles. The Hall–Kier alpha value is -3.35. The molecule has 2 N–H and O–H groups in total. The minimum atomic E-state index is -0.986. The molecule has 0 aliphatic carbocycles. The van der Waals surface area contributed by atoms with Crippen molar-refractivity contribution in [2.45, 2.75) is 46.4 Å². The summed E-state index contributed by atoms with van der Waals surface area (Å²) in [6, 6.07) is 15.2. The molecule has 0 radical (unpaired) electrons. The molecule has 166 valence electrons. The van der Waals surface area contributed by atoms with Crippen LogP contribution in [-0.4, -0.2) is 36.5 Å². The third-order valence-electron chi connectivity index (χ3n) is 4.61. The van der Waals surface area contributed by atoms with Crippen LogP contribution in [-0.2, 0) is 20.9 Å². The molecule has 7 heteroatoms. The van der Waals surface area contributed by atoms with Crippen LogP contribution < -0.4 is 15.4 Å². The van der Waals surface area contributed by atoms with Gasteiger partial charge in [-0.25, -0.2) is 4.79 Å². The van der Waals surface area contributed by atoms with Crippen LogP contribution in [0.5, 0.6) is 5.75 Å². The number of benzene rings is 2. The van der Waals surface area contributed by atoms with E-state index in [2.05, 4.69) is 10.6 Å². The molecule has 2 aromatic rings.